The number of fused-ring (bicyclic) bond motifs is 1. The number of piperidine rings is 1. The molecule has 2 fully saturated rings. The minimum atomic E-state index is -0.0590. The zero-order valence-corrected chi connectivity index (χ0v) is 19.0. The monoisotopic (exact) mass is 441 g/mol. The summed E-state index contributed by atoms with van der Waals surface area (Å²) in [6, 6.07) is 4.11. The van der Waals surface area contributed by atoms with Gasteiger partial charge < -0.3 is 14.3 Å². The molecule has 0 spiro atoms. The minimum absolute atomic E-state index is 0.0590. The quantitative estimate of drug-likeness (QED) is 0.685. The van der Waals surface area contributed by atoms with Crippen molar-refractivity contribution in [2.75, 3.05) is 19.6 Å². The van der Waals surface area contributed by atoms with Gasteiger partial charge in [0.1, 0.15) is 0 Å². The molecule has 1 atom stereocenters. The van der Waals surface area contributed by atoms with Crippen LogP contribution < -0.4 is 0 Å². The number of hydrogen-bond acceptors (Lipinski definition) is 5. The van der Waals surface area contributed by atoms with Gasteiger partial charge in [0, 0.05) is 42.4 Å². The van der Waals surface area contributed by atoms with Gasteiger partial charge in [0.05, 0.1) is 11.7 Å². The van der Waals surface area contributed by atoms with Crippen molar-refractivity contribution in [2.24, 2.45) is 5.92 Å². The fourth-order valence-corrected chi connectivity index (χ4v) is 6.56. The lowest BCUT2D eigenvalue weighted by Crippen LogP contribution is -2.40. The Morgan fingerprint density at radius 3 is 2.68 bits per heavy atom. The molecule has 166 valence electrons. The molecule has 0 unspecified atom stereocenters. The fourth-order valence-electron chi connectivity index (χ4n) is 5.63. The van der Waals surface area contributed by atoms with E-state index in [9.17, 15) is 9.59 Å². The highest BCUT2D eigenvalue weighted by atomic mass is 32.1. The number of likely N-dealkylation sites (tertiary alicyclic amines) is 1. The van der Waals surface area contributed by atoms with Crippen LogP contribution in [0.25, 0.3) is 0 Å². The molecule has 0 bridgehead atoms. The van der Waals surface area contributed by atoms with Crippen molar-refractivity contribution in [2.45, 2.75) is 70.3 Å². The third-order valence-corrected chi connectivity index (χ3v) is 8.41. The standard InChI is InChI=1S/C24H31N3O3S/c1-2-20-18-10-14-31-22(18)9-13-27(20)24(29)21-15-19(25-30-21)16-7-11-26(12-8-16)23(28)17-5-3-4-6-17/h10,14-17,20H,2-9,11-13H2,1H3/t20-/m0/s1. The largest absolute Gasteiger partial charge is 0.351 e. The van der Waals surface area contributed by atoms with Crippen LogP contribution in [0.4, 0.5) is 0 Å². The van der Waals surface area contributed by atoms with Crippen LogP contribution in [0.3, 0.4) is 0 Å². The maximum Gasteiger partial charge on any atom is 0.292 e. The average molecular weight is 442 g/mol. The van der Waals surface area contributed by atoms with Crippen LogP contribution in [0.5, 0.6) is 0 Å². The lowest BCUT2D eigenvalue weighted by atomic mass is 9.92. The summed E-state index contributed by atoms with van der Waals surface area (Å²) in [5.74, 6) is 1.13. The van der Waals surface area contributed by atoms with Crippen molar-refractivity contribution < 1.29 is 14.1 Å². The van der Waals surface area contributed by atoms with Crippen LogP contribution in [-0.2, 0) is 11.2 Å². The number of amides is 2. The van der Waals surface area contributed by atoms with Crippen LogP contribution in [0.1, 0.15) is 90.5 Å². The summed E-state index contributed by atoms with van der Waals surface area (Å²) >= 11 is 1.79. The average Bonchev–Trinajstić information content (AvgIpc) is 3.58. The Morgan fingerprint density at radius 1 is 1.16 bits per heavy atom. The number of carbonyl (C=O) groups is 2. The Bertz CT molecular complexity index is 938. The summed E-state index contributed by atoms with van der Waals surface area (Å²) in [5, 5.41) is 6.39. The van der Waals surface area contributed by atoms with E-state index in [4.69, 9.17) is 4.52 Å². The molecule has 2 amide bonds. The summed E-state index contributed by atoms with van der Waals surface area (Å²) < 4.78 is 5.53. The van der Waals surface area contributed by atoms with Crippen LogP contribution in [0.2, 0.25) is 0 Å². The lowest BCUT2D eigenvalue weighted by molar-refractivity contribution is -0.136. The number of thiophene rings is 1. The van der Waals surface area contributed by atoms with Gasteiger partial charge in [-0.25, -0.2) is 0 Å². The highest BCUT2D eigenvalue weighted by molar-refractivity contribution is 7.10. The van der Waals surface area contributed by atoms with E-state index in [1.807, 2.05) is 15.9 Å². The Hall–Kier alpha value is -2.15. The molecule has 2 aromatic rings. The van der Waals surface area contributed by atoms with E-state index in [-0.39, 0.29) is 23.8 Å². The number of nitrogens with zero attached hydrogens (tertiary/aromatic N) is 3. The first-order valence-electron chi connectivity index (χ1n) is 11.8. The third kappa shape index (κ3) is 3.93. The zero-order chi connectivity index (χ0) is 21.4. The van der Waals surface area contributed by atoms with E-state index >= 15 is 0 Å². The van der Waals surface area contributed by atoms with E-state index in [0.29, 0.717) is 11.7 Å². The second-order valence-electron chi connectivity index (χ2n) is 9.17. The molecule has 1 aliphatic carbocycles. The number of carbonyl (C=O) groups excluding carboxylic acids is 2. The number of hydrogen-bond donors (Lipinski definition) is 0. The van der Waals surface area contributed by atoms with Gasteiger partial charge in [0.2, 0.25) is 11.7 Å². The molecule has 0 N–H and O–H groups in total. The Labute approximate surface area is 187 Å². The number of aromatic nitrogens is 1. The van der Waals surface area contributed by atoms with Gasteiger partial charge in [-0.2, -0.15) is 0 Å². The van der Waals surface area contributed by atoms with Crippen molar-refractivity contribution in [3.8, 4) is 0 Å². The smallest absolute Gasteiger partial charge is 0.292 e. The van der Waals surface area contributed by atoms with Gasteiger partial charge in [-0.3, -0.25) is 9.59 Å². The van der Waals surface area contributed by atoms with Gasteiger partial charge in [-0.1, -0.05) is 24.9 Å². The molecule has 1 saturated carbocycles. The molecule has 3 aliphatic rings. The van der Waals surface area contributed by atoms with Crippen molar-refractivity contribution >= 4 is 23.2 Å². The van der Waals surface area contributed by atoms with E-state index < -0.39 is 0 Å². The van der Waals surface area contributed by atoms with Gasteiger partial charge in [-0.15, -0.1) is 11.3 Å². The molecular weight excluding hydrogens is 410 g/mol. The lowest BCUT2D eigenvalue weighted by Gasteiger charge is -2.34. The Balaban J connectivity index is 1.22. The van der Waals surface area contributed by atoms with Crippen LogP contribution in [0, 0.1) is 5.92 Å². The van der Waals surface area contributed by atoms with Crippen molar-refractivity contribution in [1.29, 1.82) is 0 Å². The predicted molar refractivity (Wildman–Crippen MR) is 119 cm³/mol. The first-order valence-corrected chi connectivity index (χ1v) is 12.7. The maximum absolute atomic E-state index is 13.2. The molecule has 1 saturated heterocycles. The van der Waals surface area contributed by atoms with Crippen LogP contribution >= 0.6 is 11.3 Å². The highest BCUT2D eigenvalue weighted by Gasteiger charge is 2.34. The summed E-state index contributed by atoms with van der Waals surface area (Å²) in [4.78, 5) is 31.3. The normalized spacial score (nSPS) is 22.7. The summed E-state index contributed by atoms with van der Waals surface area (Å²) in [5.41, 5.74) is 2.14. The minimum Gasteiger partial charge on any atom is -0.351 e. The summed E-state index contributed by atoms with van der Waals surface area (Å²) in [6.07, 6.45) is 8.05. The van der Waals surface area contributed by atoms with E-state index in [1.54, 1.807) is 11.3 Å². The molecular formula is C24H31N3O3S. The Morgan fingerprint density at radius 2 is 1.94 bits per heavy atom. The van der Waals surface area contributed by atoms with Gasteiger partial charge in [-0.05, 0) is 55.5 Å². The predicted octanol–water partition coefficient (Wildman–Crippen LogP) is 4.78. The molecule has 2 aromatic heterocycles. The van der Waals surface area contributed by atoms with Crippen molar-refractivity contribution in [1.82, 2.24) is 15.0 Å². The van der Waals surface area contributed by atoms with E-state index in [2.05, 4.69) is 23.5 Å². The van der Waals surface area contributed by atoms with Crippen LogP contribution in [0.15, 0.2) is 22.0 Å². The molecule has 0 aromatic carbocycles. The van der Waals surface area contributed by atoms with Crippen LogP contribution in [-0.4, -0.2) is 46.4 Å². The summed E-state index contributed by atoms with van der Waals surface area (Å²) in [7, 11) is 0. The molecule has 31 heavy (non-hydrogen) atoms. The van der Waals surface area contributed by atoms with Gasteiger partial charge in [0.25, 0.3) is 5.91 Å². The first-order chi connectivity index (χ1) is 15.2. The maximum atomic E-state index is 13.2. The first kappa shape index (κ1) is 20.7. The van der Waals surface area contributed by atoms with Crippen molar-refractivity contribution in [3.63, 3.8) is 0 Å². The van der Waals surface area contributed by atoms with Gasteiger partial charge >= 0.3 is 0 Å². The summed E-state index contributed by atoms with van der Waals surface area (Å²) in [6.45, 7) is 4.41. The van der Waals surface area contributed by atoms with Crippen molar-refractivity contribution in [3.05, 3.63) is 39.4 Å². The van der Waals surface area contributed by atoms with E-state index in [1.165, 1.54) is 23.3 Å². The fraction of sp³-hybridized carbons (Fsp3) is 0.625. The van der Waals surface area contributed by atoms with Gasteiger partial charge in [0.15, 0.2) is 0 Å². The second kappa shape index (κ2) is 8.77. The molecule has 4 heterocycles. The molecule has 6 nitrogen and oxygen atoms in total. The topological polar surface area (TPSA) is 66.7 Å². The zero-order valence-electron chi connectivity index (χ0n) is 18.2. The second-order valence-corrected chi connectivity index (χ2v) is 10.2. The third-order valence-electron chi connectivity index (χ3n) is 7.41. The Kier molecular flexibility index (Phi) is 5.87. The molecule has 5 rings (SSSR count). The number of rotatable bonds is 4. The SMILES string of the molecule is CC[C@H]1c2ccsc2CCN1C(=O)c1cc(C2CCN(C(=O)C3CCCC3)CC2)no1. The molecule has 2 aliphatic heterocycles. The molecule has 7 heteroatoms. The highest BCUT2D eigenvalue weighted by Crippen LogP contribution is 2.37. The van der Waals surface area contributed by atoms with E-state index in [0.717, 1.165) is 63.9 Å². The molecule has 0 radical (unpaired) electrons.